The fourth-order valence-corrected chi connectivity index (χ4v) is 5.08. The smallest absolute Gasteiger partial charge is 0.309 e. The summed E-state index contributed by atoms with van der Waals surface area (Å²) in [4.78, 5) is 40.7. The Labute approximate surface area is 301 Å². The predicted octanol–water partition coefficient (Wildman–Crippen LogP) is 8.96. The molecule has 0 aliphatic carbocycles. The van der Waals surface area contributed by atoms with E-state index in [0.29, 0.717) is 18.2 Å². The molecule has 292 valence electrons. The Kier molecular flexibility index (Phi) is 42.8. The van der Waals surface area contributed by atoms with Crippen LogP contribution in [0.4, 0.5) is 0 Å². The normalized spacial score (nSPS) is 17.6. The number of amides is 1. The maximum Gasteiger partial charge on any atom is 0.309 e. The molecular weight excluding hydrogens is 600 g/mol. The van der Waals surface area contributed by atoms with E-state index in [2.05, 4.69) is 48.0 Å². The number of carbonyl (C=O) groups is 3. The summed E-state index contributed by atoms with van der Waals surface area (Å²) in [7, 11) is 6.14. The highest BCUT2D eigenvalue weighted by Crippen LogP contribution is 2.33. The van der Waals surface area contributed by atoms with Gasteiger partial charge >= 0.3 is 5.97 Å². The zero-order chi connectivity index (χ0) is 38.8. The molecule has 1 atom stereocenters. The first kappa shape index (κ1) is 55.9. The van der Waals surface area contributed by atoms with Crippen LogP contribution in [0.15, 0.2) is 0 Å². The number of hydrogen-bond acceptors (Lipinski definition) is 7. The van der Waals surface area contributed by atoms with Crippen molar-refractivity contribution in [1.82, 2.24) is 20.0 Å². The van der Waals surface area contributed by atoms with Gasteiger partial charge in [0, 0.05) is 24.9 Å². The molecule has 3 fully saturated rings. The van der Waals surface area contributed by atoms with E-state index in [1.165, 1.54) is 12.8 Å². The molecule has 3 saturated heterocycles. The second-order valence-corrected chi connectivity index (χ2v) is 12.7. The van der Waals surface area contributed by atoms with Gasteiger partial charge in [-0.2, -0.15) is 0 Å². The number of piperidine rings is 2. The molecule has 0 saturated carbocycles. The lowest BCUT2D eigenvalue weighted by atomic mass is 9.79. The molecule has 8 nitrogen and oxygen atoms in total. The van der Waals surface area contributed by atoms with Crippen molar-refractivity contribution < 1.29 is 19.1 Å². The lowest BCUT2D eigenvalue weighted by molar-refractivity contribution is -0.161. The van der Waals surface area contributed by atoms with E-state index in [9.17, 15) is 14.4 Å². The summed E-state index contributed by atoms with van der Waals surface area (Å²) >= 11 is 0. The van der Waals surface area contributed by atoms with E-state index >= 15 is 0 Å². The first-order valence-corrected chi connectivity index (χ1v) is 19.8. The Morgan fingerprint density at radius 2 is 1.23 bits per heavy atom. The highest BCUT2D eigenvalue weighted by atomic mass is 16.6. The third-order valence-corrected chi connectivity index (χ3v) is 7.96. The largest absolute Gasteiger partial charge is 0.460 e. The predicted molar refractivity (Wildman–Crippen MR) is 212 cm³/mol. The minimum atomic E-state index is -0.347. The van der Waals surface area contributed by atoms with E-state index < -0.39 is 0 Å². The van der Waals surface area contributed by atoms with Gasteiger partial charge in [-0.15, -0.1) is 0 Å². The minimum absolute atomic E-state index is 0.0226. The molecule has 1 unspecified atom stereocenters. The summed E-state index contributed by atoms with van der Waals surface area (Å²) in [6, 6.07) is 0. The molecule has 3 aliphatic heterocycles. The molecule has 3 aliphatic rings. The molecule has 0 aromatic carbocycles. The number of hydrogen-bond donors (Lipinski definition) is 1. The maximum atomic E-state index is 12.3. The molecule has 0 bridgehead atoms. The van der Waals surface area contributed by atoms with Crippen molar-refractivity contribution in [2.75, 3.05) is 67.0 Å². The lowest BCUT2D eigenvalue weighted by Crippen LogP contribution is -2.47. The van der Waals surface area contributed by atoms with Gasteiger partial charge in [0.05, 0.1) is 5.92 Å². The van der Waals surface area contributed by atoms with E-state index in [-0.39, 0.29) is 22.9 Å². The van der Waals surface area contributed by atoms with Crippen molar-refractivity contribution in [2.45, 2.75) is 161 Å². The van der Waals surface area contributed by atoms with Gasteiger partial charge in [-0.1, -0.05) is 89.5 Å². The van der Waals surface area contributed by atoms with Crippen molar-refractivity contribution in [1.29, 1.82) is 0 Å². The molecule has 1 amide bonds. The molecular formula is C40H88N4O4. The van der Waals surface area contributed by atoms with Crippen molar-refractivity contribution in [3.05, 3.63) is 0 Å². The minimum Gasteiger partial charge on any atom is -0.460 e. The Morgan fingerprint density at radius 3 is 1.58 bits per heavy atom. The fraction of sp³-hybridized carbons (Fsp3) is 0.925. The van der Waals surface area contributed by atoms with Gasteiger partial charge in [-0.05, 0) is 119 Å². The third-order valence-electron chi connectivity index (χ3n) is 7.96. The summed E-state index contributed by atoms with van der Waals surface area (Å²) in [6.45, 7) is 37.1. The fourth-order valence-electron chi connectivity index (χ4n) is 5.08. The van der Waals surface area contributed by atoms with E-state index in [1.54, 1.807) is 0 Å². The average Bonchev–Trinajstić information content (AvgIpc) is 3.65. The summed E-state index contributed by atoms with van der Waals surface area (Å²) in [5, 5.41) is 3.04. The molecule has 0 aromatic rings. The molecule has 3 rings (SSSR count). The highest BCUT2D eigenvalue weighted by molar-refractivity contribution is 5.82. The van der Waals surface area contributed by atoms with Gasteiger partial charge < -0.3 is 29.5 Å². The quantitative estimate of drug-likeness (QED) is 0.211. The molecule has 0 aromatic heterocycles. The molecule has 0 spiro atoms. The van der Waals surface area contributed by atoms with Crippen molar-refractivity contribution in [2.24, 2.45) is 17.3 Å². The zero-order valence-electron chi connectivity index (χ0n) is 35.8. The van der Waals surface area contributed by atoms with Gasteiger partial charge in [0.15, 0.2) is 0 Å². The van der Waals surface area contributed by atoms with Gasteiger partial charge in [-0.25, -0.2) is 0 Å². The Balaban J connectivity index is -0.000000173. The second-order valence-electron chi connectivity index (χ2n) is 12.7. The van der Waals surface area contributed by atoms with Gasteiger partial charge in [0.1, 0.15) is 11.9 Å². The van der Waals surface area contributed by atoms with Crippen molar-refractivity contribution in [3.8, 4) is 0 Å². The topological polar surface area (TPSA) is 82.2 Å². The zero-order valence-corrected chi connectivity index (χ0v) is 35.8. The molecule has 0 radical (unpaired) electrons. The number of ether oxygens (including phenoxy) is 1. The molecule has 1 N–H and O–H groups in total. The number of aldehydes is 1. The number of esters is 1. The number of nitrogens with one attached hydrogen (secondary N) is 1. The average molecular weight is 689 g/mol. The Morgan fingerprint density at radius 1 is 0.812 bits per heavy atom. The Bertz CT molecular complexity index is 690. The van der Waals surface area contributed by atoms with Crippen molar-refractivity contribution >= 4 is 18.2 Å². The van der Waals surface area contributed by atoms with Crippen molar-refractivity contribution in [3.63, 3.8) is 0 Å². The van der Waals surface area contributed by atoms with Crippen LogP contribution in [0.3, 0.4) is 0 Å². The van der Waals surface area contributed by atoms with Gasteiger partial charge in [0.25, 0.3) is 0 Å². The van der Waals surface area contributed by atoms with Crippen LogP contribution in [-0.2, 0) is 19.1 Å². The standard InChI is InChI=1S/C12H22N2O.C11H21NO2.C7H15NO.5C2H6/c1-12(5-9-13(2)10-6-12)11(15)14-7-3-4-8-14;1-11(2,3)14-10(13)9-5-7-12(4)8-6-9;1-3-7(4-5-9)6-8-2;5*1-2/h3-10H2,1-2H3;9H,5-8H2,1-4H3;5,7-8H,3-4,6H2,1-2H3;5*1-2H3. The van der Waals surface area contributed by atoms with E-state index in [0.717, 1.165) is 84.2 Å². The SMILES string of the molecule is CC.CC.CC.CC.CC.CCC(CC=O)CNC.CN1CCC(C(=O)OC(C)(C)C)CC1.CN1CCC(C)(C(=O)N2CCCC2)CC1. The summed E-state index contributed by atoms with van der Waals surface area (Å²) in [6.07, 6.45) is 9.08. The monoisotopic (exact) mass is 689 g/mol. The molecule has 8 heteroatoms. The lowest BCUT2D eigenvalue weighted by Gasteiger charge is -2.38. The summed E-state index contributed by atoms with van der Waals surface area (Å²) in [5.41, 5.74) is -0.419. The number of likely N-dealkylation sites (tertiary alicyclic amines) is 3. The molecule has 48 heavy (non-hydrogen) atoms. The molecule has 3 heterocycles. The van der Waals surface area contributed by atoms with E-state index in [1.807, 2.05) is 97.1 Å². The van der Waals surface area contributed by atoms with Crippen LogP contribution >= 0.6 is 0 Å². The van der Waals surface area contributed by atoms with E-state index in [4.69, 9.17) is 4.74 Å². The van der Waals surface area contributed by atoms with Crippen LogP contribution < -0.4 is 5.32 Å². The van der Waals surface area contributed by atoms with Gasteiger partial charge in [0.2, 0.25) is 5.91 Å². The van der Waals surface area contributed by atoms with Crippen LogP contribution in [0.1, 0.15) is 155 Å². The third kappa shape index (κ3) is 28.3. The first-order chi connectivity index (χ1) is 22.8. The van der Waals surface area contributed by atoms with Crippen LogP contribution in [0, 0.1) is 17.3 Å². The second kappa shape index (κ2) is 36.8. The van der Waals surface area contributed by atoms with Crippen LogP contribution in [-0.4, -0.2) is 105 Å². The van der Waals surface area contributed by atoms with Crippen LogP contribution in [0.25, 0.3) is 0 Å². The summed E-state index contributed by atoms with van der Waals surface area (Å²) in [5.74, 6) is 1.04. The Hall–Kier alpha value is -1.51. The summed E-state index contributed by atoms with van der Waals surface area (Å²) < 4.78 is 5.35. The number of nitrogens with zero attached hydrogens (tertiary/aromatic N) is 3. The van der Waals surface area contributed by atoms with Gasteiger partial charge in [-0.3, -0.25) is 9.59 Å². The van der Waals surface area contributed by atoms with Crippen LogP contribution in [0.5, 0.6) is 0 Å². The number of rotatable bonds is 7. The maximum absolute atomic E-state index is 12.3. The highest BCUT2D eigenvalue weighted by Gasteiger charge is 2.39. The number of carbonyl (C=O) groups excluding carboxylic acids is 3. The van der Waals surface area contributed by atoms with Crippen LogP contribution in [0.2, 0.25) is 0 Å². The first-order valence-electron chi connectivity index (χ1n) is 19.8.